The first-order valence-corrected chi connectivity index (χ1v) is 8.62. The highest BCUT2D eigenvalue weighted by Crippen LogP contribution is 2.26. The number of nitrogens with zero attached hydrogens (tertiary/aromatic N) is 3. The maximum atomic E-state index is 12.1. The second-order valence-corrected chi connectivity index (χ2v) is 6.06. The monoisotopic (exact) mass is 353 g/mol. The second kappa shape index (κ2) is 7.49. The number of carbonyl (C=O) groups excluding carboxylic acids is 1. The number of carbonyl (C=O) groups is 1. The molecule has 134 valence electrons. The van der Waals surface area contributed by atoms with Crippen LogP contribution in [0.4, 0.5) is 10.5 Å². The minimum Gasteiger partial charge on any atom is -0.368 e. The van der Waals surface area contributed by atoms with Crippen LogP contribution in [0.1, 0.15) is 30.7 Å². The highest BCUT2D eigenvalue weighted by Gasteiger charge is 2.23. The van der Waals surface area contributed by atoms with Gasteiger partial charge in [0.05, 0.1) is 11.2 Å². The van der Waals surface area contributed by atoms with Gasteiger partial charge in [0.15, 0.2) is 5.82 Å². The summed E-state index contributed by atoms with van der Waals surface area (Å²) in [6, 6.07) is 9.17. The van der Waals surface area contributed by atoms with Crippen LogP contribution in [0.5, 0.6) is 0 Å². The summed E-state index contributed by atoms with van der Waals surface area (Å²) in [6.45, 7) is 1.13. The number of pyridine rings is 1. The third kappa shape index (κ3) is 3.65. The van der Waals surface area contributed by atoms with Crippen molar-refractivity contribution in [2.75, 3.05) is 18.5 Å². The van der Waals surface area contributed by atoms with Crippen molar-refractivity contribution in [1.82, 2.24) is 20.4 Å². The Morgan fingerprint density at radius 2 is 2.19 bits per heavy atom. The van der Waals surface area contributed by atoms with Crippen LogP contribution in [-0.2, 0) is 11.2 Å². The highest BCUT2D eigenvalue weighted by molar-refractivity contribution is 5.99. The first-order chi connectivity index (χ1) is 12.8. The predicted octanol–water partition coefficient (Wildman–Crippen LogP) is 2.83. The van der Waals surface area contributed by atoms with Crippen molar-refractivity contribution in [3.63, 3.8) is 0 Å². The number of rotatable bonds is 5. The third-order valence-electron chi connectivity index (χ3n) is 4.20. The fourth-order valence-electron chi connectivity index (χ4n) is 2.93. The molecule has 8 nitrogen and oxygen atoms in total. The van der Waals surface area contributed by atoms with Crippen LogP contribution in [0.15, 0.2) is 41.1 Å². The van der Waals surface area contributed by atoms with E-state index in [0.717, 1.165) is 30.4 Å². The van der Waals surface area contributed by atoms with Crippen LogP contribution in [0, 0.1) is 0 Å². The number of urea groups is 1. The number of anilines is 1. The number of ether oxygens (including phenoxy) is 1. The molecule has 1 saturated heterocycles. The summed E-state index contributed by atoms with van der Waals surface area (Å²) in [5, 5.41) is 10.5. The molecule has 2 aromatic heterocycles. The number of hydrogen-bond acceptors (Lipinski definition) is 6. The van der Waals surface area contributed by atoms with E-state index in [1.54, 1.807) is 6.20 Å². The molecule has 3 heterocycles. The summed E-state index contributed by atoms with van der Waals surface area (Å²) in [4.78, 5) is 20.8. The number of para-hydroxylation sites is 1. The van der Waals surface area contributed by atoms with Crippen molar-refractivity contribution in [1.29, 1.82) is 0 Å². The van der Waals surface area contributed by atoms with Gasteiger partial charge in [-0.3, -0.25) is 4.98 Å². The minimum atomic E-state index is -0.300. The molecule has 1 aliphatic heterocycles. The lowest BCUT2D eigenvalue weighted by Gasteiger charge is -2.08. The smallest absolute Gasteiger partial charge is 0.319 e. The normalized spacial score (nSPS) is 16.7. The Hall–Kier alpha value is -3.00. The predicted molar refractivity (Wildman–Crippen MR) is 94.7 cm³/mol. The molecule has 3 aromatic rings. The Kier molecular flexibility index (Phi) is 4.74. The largest absolute Gasteiger partial charge is 0.368 e. The minimum absolute atomic E-state index is 0.0913. The first-order valence-electron chi connectivity index (χ1n) is 8.62. The molecule has 4 rings (SSSR count). The van der Waals surface area contributed by atoms with Gasteiger partial charge >= 0.3 is 6.03 Å². The van der Waals surface area contributed by atoms with E-state index in [1.165, 1.54) is 0 Å². The lowest BCUT2D eigenvalue weighted by molar-refractivity contribution is 0.0835. The Labute approximate surface area is 149 Å². The van der Waals surface area contributed by atoms with Crippen molar-refractivity contribution in [2.24, 2.45) is 0 Å². The lowest BCUT2D eigenvalue weighted by atomic mass is 10.2. The lowest BCUT2D eigenvalue weighted by Crippen LogP contribution is -2.30. The van der Waals surface area contributed by atoms with E-state index in [0.29, 0.717) is 30.4 Å². The van der Waals surface area contributed by atoms with Crippen LogP contribution in [0.2, 0.25) is 0 Å². The number of fused-ring (bicyclic) bond motifs is 1. The van der Waals surface area contributed by atoms with Crippen LogP contribution >= 0.6 is 0 Å². The van der Waals surface area contributed by atoms with Gasteiger partial charge in [0.1, 0.15) is 6.10 Å². The molecule has 2 N–H and O–H groups in total. The summed E-state index contributed by atoms with van der Waals surface area (Å²) in [5.74, 6) is 1.08. The fourth-order valence-corrected chi connectivity index (χ4v) is 2.93. The summed E-state index contributed by atoms with van der Waals surface area (Å²) in [6.07, 6.45) is 4.01. The number of benzene rings is 1. The molecule has 0 saturated carbocycles. The van der Waals surface area contributed by atoms with Gasteiger partial charge in [0.25, 0.3) is 5.89 Å². The maximum Gasteiger partial charge on any atom is 0.319 e. The fraction of sp³-hybridized carbons (Fsp3) is 0.333. The SMILES string of the molecule is O=C(NCCc1noc([C@H]2CCCO2)n1)Nc1cccc2cccnc12. The van der Waals surface area contributed by atoms with Gasteiger partial charge in [-0.1, -0.05) is 23.4 Å². The molecule has 1 atom stereocenters. The first kappa shape index (κ1) is 16.5. The summed E-state index contributed by atoms with van der Waals surface area (Å²) >= 11 is 0. The second-order valence-electron chi connectivity index (χ2n) is 6.06. The zero-order chi connectivity index (χ0) is 17.8. The van der Waals surface area contributed by atoms with E-state index in [4.69, 9.17) is 9.26 Å². The van der Waals surface area contributed by atoms with Gasteiger partial charge in [-0.05, 0) is 25.0 Å². The van der Waals surface area contributed by atoms with Crippen LogP contribution < -0.4 is 10.6 Å². The Morgan fingerprint density at radius 1 is 1.27 bits per heavy atom. The number of nitrogens with one attached hydrogen (secondary N) is 2. The van der Waals surface area contributed by atoms with E-state index in [1.807, 2.05) is 30.3 Å². The Morgan fingerprint density at radius 3 is 3.08 bits per heavy atom. The van der Waals surface area contributed by atoms with Crippen LogP contribution in [0.25, 0.3) is 10.9 Å². The standard InChI is InChI=1S/C18H19N5O3/c24-18(21-13-6-1-4-12-5-2-9-19-16(12)13)20-10-8-15-22-17(26-23-15)14-7-3-11-25-14/h1-2,4-6,9,14H,3,7-8,10-11H2,(H2,20,21,24)/t14-/m1/s1. The molecule has 1 fully saturated rings. The molecule has 0 spiro atoms. The molecule has 8 heteroatoms. The molecule has 0 radical (unpaired) electrons. The average Bonchev–Trinajstić information content (AvgIpc) is 3.34. The quantitative estimate of drug-likeness (QED) is 0.731. The molecule has 26 heavy (non-hydrogen) atoms. The molecule has 0 unspecified atom stereocenters. The zero-order valence-corrected chi connectivity index (χ0v) is 14.1. The van der Waals surface area contributed by atoms with Crippen molar-refractivity contribution < 1.29 is 14.1 Å². The van der Waals surface area contributed by atoms with Gasteiger partial charge in [0.2, 0.25) is 0 Å². The van der Waals surface area contributed by atoms with Crippen molar-refractivity contribution in [3.05, 3.63) is 48.2 Å². The van der Waals surface area contributed by atoms with E-state index < -0.39 is 0 Å². The maximum absolute atomic E-state index is 12.1. The molecule has 0 aliphatic carbocycles. The molecular formula is C18H19N5O3. The van der Waals surface area contributed by atoms with Gasteiger partial charge in [0, 0.05) is 31.2 Å². The van der Waals surface area contributed by atoms with Gasteiger partial charge in [-0.15, -0.1) is 0 Å². The van der Waals surface area contributed by atoms with Crippen molar-refractivity contribution in [2.45, 2.75) is 25.4 Å². The van der Waals surface area contributed by atoms with Gasteiger partial charge < -0.3 is 19.9 Å². The number of hydrogen-bond donors (Lipinski definition) is 2. The van der Waals surface area contributed by atoms with E-state index in [9.17, 15) is 4.79 Å². The van der Waals surface area contributed by atoms with E-state index in [2.05, 4.69) is 25.8 Å². The molecule has 1 aliphatic rings. The molecular weight excluding hydrogens is 334 g/mol. The van der Waals surface area contributed by atoms with Gasteiger partial charge in [-0.25, -0.2) is 4.79 Å². The van der Waals surface area contributed by atoms with E-state index in [-0.39, 0.29) is 12.1 Å². The Balaban J connectivity index is 1.30. The highest BCUT2D eigenvalue weighted by atomic mass is 16.5. The third-order valence-corrected chi connectivity index (χ3v) is 4.20. The topological polar surface area (TPSA) is 102 Å². The molecule has 0 bridgehead atoms. The number of aromatic nitrogens is 3. The zero-order valence-electron chi connectivity index (χ0n) is 14.1. The Bertz CT molecular complexity index is 899. The number of amides is 2. The summed E-state index contributed by atoms with van der Waals surface area (Å²) < 4.78 is 10.7. The van der Waals surface area contributed by atoms with Gasteiger partial charge in [-0.2, -0.15) is 4.98 Å². The summed E-state index contributed by atoms with van der Waals surface area (Å²) in [7, 11) is 0. The summed E-state index contributed by atoms with van der Waals surface area (Å²) in [5.41, 5.74) is 1.42. The van der Waals surface area contributed by atoms with Crippen LogP contribution in [-0.4, -0.2) is 34.3 Å². The van der Waals surface area contributed by atoms with E-state index >= 15 is 0 Å². The average molecular weight is 353 g/mol. The molecule has 2 amide bonds. The molecule has 1 aromatic carbocycles. The van der Waals surface area contributed by atoms with Crippen molar-refractivity contribution >= 4 is 22.6 Å². The van der Waals surface area contributed by atoms with Crippen LogP contribution in [0.3, 0.4) is 0 Å². The van der Waals surface area contributed by atoms with Crippen molar-refractivity contribution in [3.8, 4) is 0 Å².